The van der Waals surface area contributed by atoms with Crippen molar-refractivity contribution in [2.75, 3.05) is 47.5 Å². The van der Waals surface area contributed by atoms with E-state index in [0.717, 1.165) is 57.8 Å². The number of rotatable bonds is 50. The second kappa shape index (κ2) is 47.3. The van der Waals surface area contributed by atoms with Gasteiger partial charge in [0.25, 0.3) is 0 Å². The number of esters is 2. The normalized spacial score (nSPS) is 13.0. The van der Waals surface area contributed by atoms with Crippen LogP contribution in [0.25, 0.3) is 0 Å². The van der Waals surface area contributed by atoms with Gasteiger partial charge in [-0.2, -0.15) is 0 Å². The van der Waals surface area contributed by atoms with Gasteiger partial charge in [-0.3, -0.25) is 9.59 Å². The molecule has 0 aliphatic heterocycles. The first-order chi connectivity index (χ1) is 31.1. The maximum Gasteiger partial charge on any atom is 0.306 e. The quantitative estimate of drug-likeness (QED) is 0.0195. The Balaban J connectivity index is 4.08. The molecule has 0 aromatic carbocycles. The standard InChI is InChI=1S/C55H103NO8/c1-6-8-10-12-14-16-18-19-20-21-22-23-24-25-26-27-28-29-30-31-32-33-34-35-36-38-40-42-44-46-53(58)64-51(50-63-55(54(59)60)61-48-47-56(3,4)5)49-62-52(57)45-43-41-39-37-17-15-13-11-9-7-2/h11,13,21-22,51,55H,6-10,12,14-20,23-50H2,1-5H3/b13-11-,22-21-. The van der Waals surface area contributed by atoms with Gasteiger partial charge in [-0.25, -0.2) is 0 Å². The number of allylic oxidation sites excluding steroid dienone is 4. The molecule has 0 aliphatic rings. The molecule has 9 heteroatoms. The number of carboxylic acids is 1. The SMILES string of the molecule is CCC/C=C\CCCCCCCC(=O)OCC(COC(OCC[N+](C)(C)C)C(=O)[O-])OC(=O)CCCCCCCCCCCCCCCCCCC/C=C\CCCCCCCCCC. The van der Waals surface area contributed by atoms with Crippen LogP contribution in [-0.4, -0.2) is 82.3 Å². The lowest BCUT2D eigenvalue weighted by Gasteiger charge is -2.26. The molecule has 0 amide bonds. The van der Waals surface area contributed by atoms with Crippen molar-refractivity contribution < 1.29 is 42.9 Å². The van der Waals surface area contributed by atoms with Crippen LogP contribution in [0.3, 0.4) is 0 Å². The Morgan fingerprint density at radius 3 is 1.22 bits per heavy atom. The Labute approximate surface area is 395 Å². The summed E-state index contributed by atoms with van der Waals surface area (Å²) in [5.74, 6) is -2.29. The van der Waals surface area contributed by atoms with Crippen molar-refractivity contribution in [3.8, 4) is 0 Å². The van der Waals surface area contributed by atoms with E-state index in [1.165, 1.54) is 161 Å². The molecule has 2 unspecified atom stereocenters. The molecule has 0 spiro atoms. The highest BCUT2D eigenvalue weighted by Gasteiger charge is 2.22. The molecule has 0 heterocycles. The third kappa shape index (κ3) is 47.7. The molecule has 0 aliphatic carbocycles. The Bertz CT molecular complexity index is 1100. The zero-order valence-electron chi connectivity index (χ0n) is 42.7. The molecule has 0 fully saturated rings. The van der Waals surface area contributed by atoms with Crippen LogP contribution < -0.4 is 5.11 Å². The molecular weight excluding hydrogens is 803 g/mol. The fourth-order valence-electron chi connectivity index (χ4n) is 7.71. The van der Waals surface area contributed by atoms with E-state index in [9.17, 15) is 19.5 Å². The highest BCUT2D eigenvalue weighted by atomic mass is 16.7. The summed E-state index contributed by atoms with van der Waals surface area (Å²) in [7, 11) is 5.91. The highest BCUT2D eigenvalue weighted by molar-refractivity contribution is 5.70. The monoisotopic (exact) mass is 906 g/mol. The van der Waals surface area contributed by atoms with Crippen molar-refractivity contribution >= 4 is 17.9 Å². The molecule has 64 heavy (non-hydrogen) atoms. The average molecular weight is 906 g/mol. The Morgan fingerprint density at radius 1 is 0.453 bits per heavy atom. The molecule has 2 atom stereocenters. The molecule has 0 radical (unpaired) electrons. The number of hydrogen-bond acceptors (Lipinski definition) is 8. The van der Waals surface area contributed by atoms with E-state index in [-0.39, 0.29) is 38.6 Å². The minimum absolute atomic E-state index is 0.148. The fourth-order valence-corrected chi connectivity index (χ4v) is 7.71. The summed E-state index contributed by atoms with van der Waals surface area (Å²) in [5, 5.41) is 11.7. The molecule has 0 rings (SSSR count). The summed E-state index contributed by atoms with van der Waals surface area (Å²) < 4.78 is 22.6. The zero-order chi connectivity index (χ0) is 47.0. The van der Waals surface area contributed by atoms with Gasteiger partial charge in [0, 0.05) is 12.8 Å². The van der Waals surface area contributed by atoms with Gasteiger partial charge < -0.3 is 33.3 Å². The second-order valence-electron chi connectivity index (χ2n) is 19.5. The molecule has 0 aromatic rings. The molecule has 0 N–H and O–H groups in total. The van der Waals surface area contributed by atoms with Gasteiger partial charge >= 0.3 is 11.9 Å². The number of carbonyl (C=O) groups is 3. The first kappa shape index (κ1) is 61.8. The minimum Gasteiger partial charge on any atom is -0.545 e. The van der Waals surface area contributed by atoms with Crippen molar-refractivity contribution in [1.29, 1.82) is 0 Å². The van der Waals surface area contributed by atoms with Gasteiger partial charge in [0.2, 0.25) is 0 Å². The predicted molar refractivity (Wildman–Crippen MR) is 265 cm³/mol. The van der Waals surface area contributed by atoms with E-state index in [0.29, 0.717) is 17.4 Å². The summed E-state index contributed by atoms with van der Waals surface area (Å²) in [4.78, 5) is 37.0. The maximum absolute atomic E-state index is 12.8. The lowest BCUT2D eigenvalue weighted by molar-refractivity contribution is -0.870. The van der Waals surface area contributed by atoms with Crippen LogP contribution in [0, 0.1) is 0 Å². The van der Waals surface area contributed by atoms with Gasteiger partial charge in [0.05, 0.1) is 40.3 Å². The van der Waals surface area contributed by atoms with Gasteiger partial charge in [-0.15, -0.1) is 0 Å². The third-order valence-electron chi connectivity index (χ3n) is 11.9. The van der Waals surface area contributed by atoms with E-state index in [4.69, 9.17) is 18.9 Å². The van der Waals surface area contributed by atoms with Gasteiger partial charge in [0.1, 0.15) is 13.2 Å². The van der Waals surface area contributed by atoms with E-state index in [2.05, 4.69) is 38.2 Å². The van der Waals surface area contributed by atoms with Crippen LogP contribution in [0.15, 0.2) is 24.3 Å². The first-order valence-corrected chi connectivity index (χ1v) is 27.0. The summed E-state index contributed by atoms with van der Waals surface area (Å²) in [6.45, 7) is 4.69. The highest BCUT2D eigenvalue weighted by Crippen LogP contribution is 2.16. The molecule has 0 bridgehead atoms. The van der Waals surface area contributed by atoms with Crippen molar-refractivity contribution in [2.24, 2.45) is 0 Å². The lowest BCUT2D eigenvalue weighted by Crippen LogP contribution is -2.44. The van der Waals surface area contributed by atoms with E-state index < -0.39 is 24.3 Å². The lowest BCUT2D eigenvalue weighted by atomic mass is 10.0. The number of carboxylic acid groups (broad SMARTS) is 1. The summed E-state index contributed by atoms with van der Waals surface area (Å²) in [6, 6.07) is 0. The van der Waals surface area contributed by atoms with Crippen LogP contribution in [0.2, 0.25) is 0 Å². The molecule has 0 aromatic heterocycles. The van der Waals surface area contributed by atoms with Crippen molar-refractivity contribution in [2.45, 2.75) is 264 Å². The number of quaternary nitrogens is 1. The van der Waals surface area contributed by atoms with Gasteiger partial charge in [0.15, 0.2) is 12.4 Å². The van der Waals surface area contributed by atoms with Crippen LogP contribution in [0.4, 0.5) is 0 Å². The summed E-state index contributed by atoms with van der Waals surface area (Å²) in [6.07, 6.45) is 51.0. The number of ether oxygens (including phenoxy) is 4. The van der Waals surface area contributed by atoms with Crippen molar-refractivity contribution in [3.63, 3.8) is 0 Å². The van der Waals surface area contributed by atoms with Gasteiger partial charge in [-0.1, -0.05) is 205 Å². The van der Waals surface area contributed by atoms with E-state index in [1.54, 1.807) is 0 Å². The Kier molecular flexibility index (Phi) is 45.6. The largest absolute Gasteiger partial charge is 0.545 e. The number of hydrogen-bond donors (Lipinski definition) is 0. The molecule has 0 saturated heterocycles. The Morgan fingerprint density at radius 2 is 0.828 bits per heavy atom. The third-order valence-corrected chi connectivity index (χ3v) is 11.9. The van der Waals surface area contributed by atoms with Crippen LogP contribution in [0.5, 0.6) is 0 Å². The minimum atomic E-state index is -1.62. The van der Waals surface area contributed by atoms with Crippen LogP contribution in [-0.2, 0) is 33.3 Å². The predicted octanol–water partition coefficient (Wildman–Crippen LogP) is 13.8. The number of nitrogens with zero attached hydrogens (tertiary/aromatic N) is 1. The molecule has 376 valence electrons. The smallest absolute Gasteiger partial charge is 0.306 e. The van der Waals surface area contributed by atoms with Crippen molar-refractivity contribution in [1.82, 2.24) is 0 Å². The van der Waals surface area contributed by atoms with E-state index in [1.807, 2.05) is 21.1 Å². The molecular formula is C55H103NO8. The zero-order valence-corrected chi connectivity index (χ0v) is 42.7. The first-order valence-electron chi connectivity index (χ1n) is 27.0. The summed E-state index contributed by atoms with van der Waals surface area (Å²) >= 11 is 0. The maximum atomic E-state index is 12.8. The van der Waals surface area contributed by atoms with E-state index >= 15 is 0 Å². The van der Waals surface area contributed by atoms with Gasteiger partial charge in [-0.05, 0) is 57.8 Å². The topological polar surface area (TPSA) is 111 Å². The van der Waals surface area contributed by atoms with Crippen LogP contribution >= 0.6 is 0 Å². The number of unbranched alkanes of at least 4 members (excludes halogenated alkanes) is 31. The number of likely N-dealkylation sites (N-methyl/N-ethyl adjacent to an activating group) is 1. The van der Waals surface area contributed by atoms with Crippen molar-refractivity contribution in [3.05, 3.63) is 24.3 Å². The fraction of sp³-hybridized carbons (Fsp3) is 0.873. The molecule has 9 nitrogen and oxygen atoms in total. The number of aliphatic carboxylic acids is 1. The summed E-state index contributed by atoms with van der Waals surface area (Å²) in [5.41, 5.74) is 0. The number of carbonyl (C=O) groups excluding carboxylic acids is 3. The second-order valence-corrected chi connectivity index (χ2v) is 19.5. The Hall–Kier alpha value is -2.23. The van der Waals surface area contributed by atoms with Crippen LogP contribution in [0.1, 0.15) is 251 Å². The average Bonchev–Trinajstić information content (AvgIpc) is 3.26. The molecule has 0 saturated carbocycles.